The number of carbonyl (C=O) groups is 1. The molecule has 1 aromatic carbocycles. The van der Waals surface area contributed by atoms with Crippen molar-refractivity contribution in [1.82, 2.24) is 0 Å². The number of anilines is 1. The van der Waals surface area contributed by atoms with E-state index >= 15 is 0 Å². The minimum absolute atomic E-state index is 0.204. The second-order valence-corrected chi connectivity index (χ2v) is 4.66. The van der Waals surface area contributed by atoms with Crippen LogP contribution in [0.15, 0.2) is 18.2 Å². The van der Waals surface area contributed by atoms with Gasteiger partial charge in [0.05, 0.1) is 5.92 Å². The second kappa shape index (κ2) is 4.34. The topological polar surface area (TPSA) is 49.3 Å². The number of aliphatic carboxylic acids is 1. The van der Waals surface area contributed by atoms with Crippen LogP contribution in [0.2, 0.25) is 5.02 Å². The number of benzene rings is 1. The molecule has 3 nitrogen and oxygen atoms in total. The highest BCUT2D eigenvalue weighted by atomic mass is 35.5. The maximum atomic E-state index is 10.8. The van der Waals surface area contributed by atoms with Crippen molar-refractivity contribution in [3.05, 3.63) is 28.8 Å². The van der Waals surface area contributed by atoms with E-state index < -0.39 is 5.97 Å². The molecule has 0 saturated carbocycles. The number of hydrogen-bond donors (Lipinski definition) is 2. The average molecular weight is 240 g/mol. The molecule has 1 heterocycles. The van der Waals surface area contributed by atoms with Gasteiger partial charge in [-0.1, -0.05) is 24.6 Å². The number of nitrogens with one attached hydrogen (secondary N) is 1. The number of halogens is 1. The standard InChI is InChI=1S/C12H14ClNO2/c1-7(12(15)16)5-8-6-14-10-4-2-3-9(13)11(8)10/h2-4,7-8,14H,5-6H2,1H3,(H,15,16). The summed E-state index contributed by atoms with van der Waals surface area (Å²) in [7, 11) is 0. The minimum Gasteiger partial charge on any atom is -0.481 e. The van der Waals surface area contributed by atoms with E-state index in [1.165, 1.54) is 0 Å². The molecule has 0 saturated heterocycles. The monoisotopic (exact) mass is 239 g/mol. The predicted octanol–water partition coefficient (Wildman–Crippen LogP) is 2.96. The molecule has 2 rings (SSSR count). The van der Waals surface area contributed by atoms with Gasteiger partial charge in [0, 0.05) is 23.2 Å². The fraction of sp³-hybridized carbons (Fsp3) is 0.417. The summed E-state index contributed by atoms with van der Waals surface area (Å²) in [4.78, 5) is 10.8. The van der Waals surface area contributed by atoms with E-state index in [0.29, 0.717) is 6.42 Å². The molecule has 0 amide bonds. The van der Waals surface area contributed by atoms with Crippen LogP contribution in [0.25, 0.3) is 0 Å². The first-order valence-corrected chi connectivity index (χ1v) is 5.72. The Bertz CT molecular complexity index is 419. The molecule has 1 aromatic rings. The Labute approximate surface area is 99.4 Å². The Morgan fingerprint density at radius 1 is 1.69 bits per heavy atom. The van der Waals surface area contributed by atoms with Crippen LogP contribution in [-0.2, 0) is 4.79 Å². The zero-order chi connectivity index (χ0) is 11.7. The van der Waals surface area contributed by atoms with Gasteiger partial charge >= 0.3 is 5.97 Å². The lowest BCUT2D eigenvalue weighted by Crippen LogP contribution is -2.15. The number of carboxylic acid groups (broad SMARTS) is 1. The lowest BCUT2D eigenvalue weighted by molar-refractivity contribution is -0.141. The SMILES string of the molecule is CC(CC1CNc2cccc(Cl)c21)C(=O)O. The summed E-state index contributed by atoms with van der Waals surface area (Å²) in [5.41, 5.74) is 2.10. The molecular formula is C12H14ClNO2. The first-order chi connectivity index (χ1) is 7.59. The molecule has 0 aromatic heterocycles. The summed E-state index contributed by atoms with van der Waals surface area (Å²) in [5, 5.41) is 12.9. The molecule has 4 heteroatoms. The molecule has 86 valence electrons. The molecule has 2 unspecified atom stereocenters. The Balaban J connectivity index is 2.20. The highest BCUT2D eigenvalue weighted by Gasteiger charge is 2.27. The van der Waals surface area contributed by atoms with Crippen LogP contribution in [0.3, 0.4) is 0 Å². The summed E-state index contributed by atoms with van der Waals surface area (Å²) >= 11 is 6.14. The normalized spacial score (nSPS) is 20.0. The van der Waals surface area contributed by atoms with Gasteiger partial charge in [-0.15, -0.1) is 0 Å². The van der Waals surface area contributed by atoms with Gasteiger partial charge < -0.3 is 10.4 Å². The number of carboxylic acids is 1. The first kappa shape index (κ1) is 11.3. The van der Waals surface area contributed by atoms with Crippen LogP contribution >= 0.6 is 11.6 Å². The molecule has 0 aliphatic carbocycles. The Morgan fingerprint density at radius 3 is 3.12 bits per heavy atom. The maximum Gasteiger partial charge on any atom is 0.306 e. The van der Waals surface area contributed by atoms with Crippen molar-refractivity contribution in [2.45, 2.75) is 19.3 Å². The predicted molar refractivity (Wildman–Crippen MR) is 64.1 cm³/mol. The molecule has 2 atom stereocenters. The van der Waals surface area contributed by atoms with E-state index in [1.807, 2.05) is 18.2 Å². The highest BCUT2D eigenvalue weighted by Crippen LogP contribution is 2.39. The van der Waals surface area contributed by atoms with Crippen LogP contribution in [0.1, 0.15) is 24.8 Å². The van der Waals surface area contributed by atoms with Gasteiger partial charge in [-0.3, -0.25) is 4.79 Å². The second-order valence-electron chi connectivity index (χ2n) is 4.25. The zero-order valence-corrected chi connectivity index (χ0v) is 9.79. The van der Waals surface area contributed by atoms with Crippen LogP contribution in [0, 0.1) is 5.92 Å². The number of rotatable bonds is 3. The molecule has 1 aliphatic rings. The summed E-state index contributed by atoms with van der Waals surface area (Å²) in [5.74, 6) is -0.885. The highest BCUT2D eigenvalue weighted by molar-refractivity contribution is 6.32. The van der Waals surface area contributed by atoms with Crippen molar-refractivity contribution >= 4 is 23.3 Å². The number of hydrogen-bond acceptors (Lipinski definition) is 2. The smallest absolute Gasteiger partial charge is 0.306 e. The third-order valence-corrected chi connectivity index (χ3v) is 3.39. The molecule has 0 fully saturated rings. The van der Waals surface area contributed by atoms with Crippen LogP contribution in [0.4, 0.5) is 5.69 Å². The van der Waals surface area contributed by atoms with Gasteiger partial charge in [-0.05, 0) is 24.1 Å². The largest absolute Gasteiger partial charge is 0.481 e. The van der Waals surface area contributed by atoms with Gasteiger partial charge in [0.1, 0.15) is 0 Å². The average Bonchev–Trinajstić information content (AvgIpc) is 2.63. The van der Waals surface area contributed by atoms with E-state index in [-0.39, 0.29) is 11.8 Å². The summed E-state index contributed by atoms with van der Waals surface area (Å²) in [6.07, 6.45) is 0.624. The minimum atomic E-state index is -0.750. The first-order valence-electron chi connectivity index (χ1n) is 5.34. The quantitative estimate of drug-likeness (QED) is 0.853. The molecule has 2 N–H and O–H groups in total. The third-order valence-electron chi connectivity index (χ3n) is 3.06. The van der Waals surface area contributed by atoms with E-state index in [9.17, 15) is 4.79 Å². The van der Waals surface area contributed by atoms with Crippen molar-refractivity contribution in [1.29, 1.82) is 0 Å². The van der Waals surface area contributed by atoms with Crippen LogP contribution in [0.5, 0.6) is 0 Å². The lowest BCUT2D eigenvalue weighted by atomic mass is 9.91. The molecule has 0 spiro atoms. The molecule has 1 aliphatic heterocycles. The molecule has 16 heavy (non-hydrogen) atoms. The summed E-state index contributed by atoms with van der Waals surface area (Å²) < 4.78 is 0. The fourth-order valence-electron chi connectivity index (χ4n) is 2.17. The Morgan fingerprint density at radius 2 is 2.44 bits per heavy atom. The number of fused-ring (bicyclic) bond motifs is 1. The molecule has 0 bridgehead atoms. The summed E-state index contributed by atoms with van der Waals surface area (Å²) in [6.45, 7) is 2.51. The molecular weight excluding hydrogens is 226 g/mol. The van der Waals surface area contributed by atoms with Gasteiger partial charge in [0.2, 0.25) is 0 Å². The van der Waals surface area contributed by atoms with Crippen LogP contribution < -0.4 is 5.32 Å². The lowest BCUT2D eigenvalue weighted by Gasteiger charge is -2.14. The van der Waals surface area contributed by atoms with Crippen molar-refractivity contribution in [2.75, 3.05) is 11.9 Å². The Kier molecular flexibility index (Phi) is 3.06. The Hall–Kier alpha value is -1.22. The van der Waals surface area contributed by atoms with Crippen molar-refractivity contribution < 1.29 is 9.90 Å². The van der Waals surface area contributed by atoms with E-state index in [2.05, 4.69) is 5.32 Å². The van der Waals surface area contributed by atoms with Crippen molar-refractivity contribution in [2.24, 2.45) is 5.92 Å². The van der Waals surface area contributed by atoms with Gasteiger partial charge in [-0.25, -0.2) is 0 Å². The fourth-order valence-corrected chi connectivity index (χ4v) is 2.50. The van der Waals surface area contributed by atoms with Crippen molar-refractivity contribution in [3.8, 4) is 0 Å². The van der Waals surface area contributed by atoms with E-state index in [1.54, 1.807) is 6.92 Å². The maximum absolute atomic E-state index is 10.8. The zero-order valence-electron chi connectivity index (χ0n) is 9.03. The molecule has 0 radical (unpaired) electrons. The van der Waals surface area contributed by atoms with Crippen molar-refractivity contribution in [3.63, 3.8) is 0 Å². The summed E-state index contributed by atoms with van der Waals surface area (Å²) in [6, 6.07) is 5.73. The van der Waals surface area contributed by atoms with E-state index in [0.717, 1.165) is 22.8 Å². The van der Waals surface area contributed by atoms with Crippen LogP contribution in [-0.4, -0.2) is 17.6 Å². The third kappa shape index (κ3) is 2.00. The van der Waals surface area contributed by atoms with Gasteiger partial charge in [0.15, 0.2) is 0 Å². The van der Waals surface area contributed by atoms with Gasteiger partial charge in [-0.2, -0.15) is 0 Å². The van der Waals surface area contributed by atoms with E-state index in [4.69, 9.17) is 16.7 Å². The van der Waals surface area contributed by atoms with Gasteiger partial charge in [0.25, 0.3) is 0 Å².